The summed E-state index contributed by atoms with van der Waals surface area (Å²) in [6.07, 6.45) is 1.55. The van der Waals surface area contributed by atoms with Gasteiger partial charge in [-0.25, -0.2) is 9.97 Å². The van der Waals surface area contributed by atoms with Crippen molar-refractivity contribution in [2.75, 3.05) is 18.0 Å². The molecule has 0 amide bonds. The van der Waals surface area contributed by atoms with Crippen molar-refractivity contribution < 1.29 is 5.11 Å². The Morgan fingerprint density at radius 2 is 2.25 bits per heavy atom. The van der Waals surface area contributed by atoms with Gasteiger partial charge in [0.25, 0.3) is 0 Å². The molecule has 0 spiro atoms. The van der Waals surface area contributed by atoms with Crippen LogP contribution in [0.2, 0.25) is 0 Å². The Hall–Kier alpha value is -1.67. The average Bonchev–Trinajstić information content (AvgIpc) is 2.25. The van der Waals surface area contributed by atoms with Crippen molar-refractivity contribution in [3.8, 4) is 6.07 Å². The smallest absolute Gasteiger partial charge is 0.226 e. The lowest BCUT2D eigenvalue weighted by molar-refractivity contribution is 0.0872. The van der Waals surface area contributed by atoms with Crippen LogP contribution in [-0.2, 0) is 0 Å². The number of hydrogen-bond acceptors (Lipinski definition) is 5. The van der Waals surface area contributed by atoms with Gasteiger partial charge in [-0.3, -0.25) is 0 Å². The van der Waals surface area contributed by atoms with E-state index in [4.69, 9.17) is 5.26 Å². The van der Waals surface area contributed by atoms with Crippen LogP contribution >= 0.6 is 0 Å². The Balaban J connectivity index is 2.91. The van der Waals surface area contributed by atoms with E-state index >= 15 is 0 Å². The molecule has 86 valence electrons. The molecule has 0 unspecified atom stereocenters. The highest BCUT2D eigenvalue weighted by Gasteiger charge is 2.19. The van der Waals surface area contributed by atoms with Gasteiger partial charge in [-0.1, -0.05) is 0 Å². The van der Waals surface area contributed by atoms with Crippen molar-refractivity contribution in [3.05, 3.63) is 18.0 Å². The van der Waals surface area contributed by atoms with E-state index in [2.05, 4.69) is 9.97 Å². The van der Waals surface area contributed by atoms with Gasteiger partial charge >= 0.3 is 0 Å². The maximum absolute atomic E-state index is 9.74. The summed E-state index contributed by atoms with van der Waals surface area (Å²) in [6, 6.07) is 3.53. The van der Waals surface area contributed by atoms with E-state index in [9.17, 15) is 5.11 Å². The Bertz CT molecular complexity index is 392. The van der Waals surface area contributed by atoms with Crippen LogP contribution in [0.5, 0.6) is 0 Å². The van der Waals surface area contributed by atoms with Crippen LogP contribution in [0.25, 0.3) is 0 Å². The molecular weight excluding hydrogens is 204 g/mol. The van der Waals surface area contributed by atoms with Gasteiger partial charge in [0.2, 0.25) is 5.95 Å². The van der Waals surface area contributed by atoms with Crippen LogP contribution in [-0.4, -0.2) is 33.8 Å². The highest BCUT2D eigenvalue weighted by Crippen LogP contribution is 2.12. The van der Waals surface area contributed by atoms with Crippen LogP contribution in [0.3, 0.4) is 0 Å². The molecular formula is C11H16N4O. The third kappa shape index (κ3) is 3.48. The molecule has 0 aliphatic rings. The lowest BCUT2D eigenvalue weighted by Gasteiger charge is -2.27. The molecule has 1 rings (SSSR count). The minimum absolute atomic E-state index is 0.333. The van der Waals surface area contributed by atoms with Crippen molar-refractivity contribution in [2.24, 2.45) is 0 Å². The molecule has 1 aromatic rings. The Morgan fingerprint density at radius 1 is 1.56 bits per heavy atom. The highest BCUT2D eigenvalue weighted by molar-refractivity contribution is 5.33. The van der Waals surface area contributed by atoms with Crippen LogP contribution in [0.4, 0.5) is 5.95 Å². The molecule has 0 aliphatic carbocycles. The summed E-state index contributed by atoms with van der Waals surface area (Å²) in [5.41, 5.74) is -0.485. The van der Waals surface area contributed by atoms with Gasteiger partial charge in [0.1, 0.15) is 11.8 Å². The number of aromatic nitrogens is 2. The van der Waals surface area contributed by atoms with Crippen molar-refractivity contribution in [2.45, 2.75) is 26.4 Å². The summed E-state index contributed by atoms with van der Waals surface area (Å²) < 4.78 is 0. The molecule has 5 heteroatoms. The Labute approximate surface area is 95.4 Å². The zero-order valence-electron chi connectivity index (χ0n) is 9.80. The monoisotopic (exact) mass is 220 g/mol. The van der Waals surface area contributed by atoms with Crippen LogP contribution in [0.15, 0.2) is 12.3 Å². The van der Waals surface area contributed by atoms with Crippen molar-refractivity contribution in [1.29, 1.82) is 5.26 Å². The lowest BCUT2D eigenvalue weighted by Crippen LogP contribution is -2.39. The van der Waals surface area contributed by atoms with Crippen molar-refractivity contribution >= 4 is 5.95 Å². The van der Waals surface area contributed by atoms with Crippen LogP contribution in [0.1, 0.15) is 26.5 Å². The van der Waals surface area contributed by atoms with Crippen molar-refractivity contribution in [1.82, 2.24) is 9.97 Å². The molecule has 5 nitrogen and oxygen atoms in total. The summed E-state index contributed by atoms with van der Waals surface area (Å²) in [6.45, 7) is 6.51. The van der Waals surface area contributed by atoms with Gasteiger partial charge in [-0.2, -0.15) is 5.26 Å². The SMILES string of the molecule is CCN(CC(C)(C)O)c1nccc(C#N)n1. The molecule has 0 saturated carbocycles. The fourth-order valence-corrected chi connectivity index (χ4v) is 1.35. The first kappa shape index (κ1) is 12.4. The second-order valence-corrected chi connectivity index (χ2v) is 4.18. The standard InChI is InChI=1S/C11H16N4O/c1-4-15(8-11(2,3)16)10-13-6-5-9(7-12)14-10/h5-6,16H,4,8H2,1-3H3. The largest absolute Gasteiger partial charge is 0.389 e. The van der Waals surface area contributed by atoms with E-state index in [0.717, 1.165) is 0 Å². The first-order chi connectivity index (χ1) is 7.46. The van der Waals surface area contributed by atoms with E-state index in [1.54, 1.807) is 26.1 Å². The molecule has 0 radical (unpaired) electrons. The predicted octanol–water partition coefficient (Wildman–Crippen LogP) is 0.945. The van der Waals surface area contributed by atoms with E-state index in [1.807, 2.05) is 17.9 Å². The Morgan fingerprint density at radius 3 is 2.75 bits per heavy atom. The lowest BCUT2D eigenvalue weighted by atomic mass is 10.1. The zero-order chi connectivity index (χ0) is 12.2. The Kier molecular flexibility index (Phi) is 3.80. The number of aliphatic hydroxyl groups is 1. The first-order valence-corrected chi connectivity index (χ1v) is 5.16. The normalized spacial score (nSPS) is 10.9. The fourth-order valence-electron chi connectivity index (χ4n) is 1.35. The average molecular weight is 220 g/mol. The zero-order valence-corrected chi connectivity index (χ0v) is 9.80. The molecule has 0 aromatic carbocycles. The van der Waals surface area contributed by atoms with Gasteiger partial charge in [0.15, 0.2) is 0 Å². The molecule has 1 aromatic heterocycles. The predicted molar refractivity (Wildman–Crippen MR) is 60.9 cm³/mol. The molecule has 1 heterocycles. The summed E-state index contributed by atoms with van der Waals surface area (Å²) in [7, 11) is 0. The van der Waals surface area contributed by atoms with Gasteiger partial charge in [0.05, 0.1) is 5.60 Å². The molecule has 16 heavy (non-hydrogen) atoms. The minimum Gasteiger partial charge on any atom is -0.389 e. The van der Waals surface area contributed by atoms with Gasteiger partial charge in [-0.05, 0) is 26.8 Å². The van der Waals surface area contributed by atoms with Gasteiger partial charge < -0.3 is 10.0 Å². The summed E-state index contributed by atoms with van der Waals surface area (Å²) in [5, 5.41) is 18.5. The van der Waals surface area contributed by atoms with E-state index in [0.29, 0.717) is 24.7 Å². The maximum Gasteiger partial charge on any atom is 0.226 e. The van der Waals surface area contributed by atoms with Gasteiger partial charge in [0, 0.05) is 19.3 Å². The minimum atomic E-state index is -0.817. The molecule has 0 atom stereocenters. The number of nitrogens with zero attached hydrogens (tertiary/aromatic N) is 4. The molecule has 0 fully saturated rings. The van der Waals surface area contributed by atoms with E-state index < -0.39 is 5.60 Å². The van der Waals surface area contributed by atoms with E-state index in [-0.39, 0.29) is 0 Å². The third-order valence-electron chi connectivity index (χ3n) is 2.00. The van der Waals surface area contributed by atoms with Gasteiger partial charge in [-0.15, -0.1) is 0 Å². The number of nitriles is 1. The molecule has 1 N–H and O–H groups in total. The number of rotatable bonds is 4. The van der Waals surface area contributed by atoms with E-state index in [1.165, 1.54) is 0 Å². The maximum atomic E-state index is 9.74. The van der Waals surface area contributed by atoms with Crippen LogP contribution < -0.4 is 4.90 Å². The topological polar surface area (TPSA) is 73.0 Å². The summed E-state index contributed by atoms with van der Waals surface area (Å²) in [5.74, 6) is 0.476. The fraction of sp³-hybridized carbons (Fsp3) is 0.545. The second-order valence-electron chi connectivity index (χ2n) is 4.18. The summed E-state index contributed by atoms with van der Waals surface area (Å²) in [4.78, 5) is 10.0. The quantitative estimate of drug-likeness (QED) is 0.817. The number of hydrogen-bond donors (Lipinski definition) is 1. The second kappa shape index (κ2) is 4.90. The molecule has 0 bridgehead atoms. The summed E-state index contributed by atoms with van der Waals surface area (Å²) >= 11 is 0. The number of anilines is 1. The van der Waals surface area contributed by atoms with Crippen molar-refractivity contribution in [3.63, 3.8) is 0 Å². The van der Waals surface area contributed by atoms with Crippen LogP contribution in [0, 0.1) is 11.3 Å². The number of likely N-dealkylation sites (N-methyl/N-ethyl adjacent to an activating group) is 1. The molecule has 0 aliphatic heterocycles. The highest BCUT2D eigenvalue weighted by atomic mass is 16.3. The first-order valence-electron chi connectivity index (χ1n) is 5.16. The molecule has 0 saturated heterocycles. The third-order valence-corrected chi connectivity index (χ3v) is 2.00.